The van der Waals surface area contributed by atoms with E-state index in [4.69, 9.17) is 14.4 Å². The molecule has 0 bridgehead atoms. The zero-order chi connectivity index (χ0) is 40.5. The standard InChI is InChI=1S/C58H38N2O/c1-58(45-19-6-3-7-20-45)51-25-12-10-21-47(51)48-30-29-41(35-52(48)58)53-36-54(60-57(59-53)38-16-4-2-5-17-38)44-33-42(40-28-27-37-15-8-9-18-39(37)31-40)32-43(34-44)46-23-14-24-50-49-22-11-13-26-55(49)61-56(46)50/h2-36H,1H3. The molecule has 286 valence electrons. The summed E-state index contributed by atoms with van der Waals surface area (Å²) >= 11 is 0. The van der Waals surface area contributed by atoms with E-state index in [0.717, 1.165) is 72.3 Å². The molecule has 12 rings (SSSR count). The van der Waals surface area contributed by atoms with Crippen molar-refractivity contribution in [1.29, 1.82) is 0 Å². The van der Waals surface area contributed by atoms with Gasteiger partial charge in [0.05, 0.1) is 11.4 Å². The van der Waals surface area contributed by atoms with Gasteiger partial charge in [0.15, 0.2) is 5.82 Å². The Labute approximate surface area is 354 Å². The first kappa shape index (κ1) is 35.1. The predicted molar refractivity (Wildman–Crippen MR) is 251 cm³/mol. The number of fused-ring (bicyclic) bond motifs is 7. The van der Waals surface area contributed by atoms with Gasteiger partial charge < -0.3 is 4.42 Å². The Morgan fingerprint density at radius 3 is 1.89 bits per heavy atom. The molecule has 0 fully saturated rings. The highest BCUT2D eigenvalue weighted by Gasteiger charge is 2.40. The number of benzene rings is 9. The van der Waals surface area contributed by atoms with Crippen LogP contribution in [0.5, 0.6) is 0 Å². The minimum absolute atomic E-state index is 0.331. The highest BCUT2D eigenvalue weighted by molar-refractivity contribution is 6.10. The summed E-state index contributed by atoms with van der Waals surface area (Å²) in [6.45, 7) is 2.36. The van der Waals surface area contributed by atoms with Crippen molar-refractivity contribution in [3.8, 4) is 67.3 Å². The molecule has 1 unspecified atom stereocenters. The molecule has 2 aromatic heterocycles. The molecule has 0 saturated carbocycles. The molecular formula is C58H38N2O. The Bertz CT molecular complexity index is 3490. The molecule has 0 saturated heterocycles. The van der Waals surface area contributed by atoms with E-state index in [1.165, 1.54) is 38.6 Å². The van der Waals surface area contributed by atoms with Crippen LogP contribution in [0.4, 0.5) is 0 Å². The molecule has 0 amide bonds. The Hall–Kier alpha value is -7.88. The van der Waals surface area contributed by atoms with Crippen molar-refractivity contribution >= 4 is 32.7 Å². The zero-order valence-electron chi connectivity index (χ0n) is 33.5. The van der Waals surface area contributed by atoms with E-state index in [1.807, 2.05) is 18.2 Å². The lowest BCUT2D eigenvalue weighted by Gasteiger charge is -2.28. The number of nitrogens with zero attached hydrogens (tertiary/aromatic N) is 2. The van der Waals surface area contributed by atoms with Crippen LogP contribution >= 0.6 is 0 Å². The van der Waals surface area contributed by atoms with Gasteiger partial charge in [0, 0.05) is 38.4 Å². The van der Waals surface area contributed by atoms with E-state index in [2.05, 4.69) is 201 Å². The molecule has 11 aromatic rings. The maximum Gasteiger partial charge on any atom is 0.160 e. The molecule has 1 aliphatic rings. The molecule has 0 radical (unpaired) electrons. The van der Waals surface area contributed by atoms with Crippen LogP contribution in [0.3, 0.4) is 0 Å². The first-order valence-corrected chi connectivity index (χ1v) is 20.9. The van der Waals surface area contributed by atoms with Gasteiger partial charge in [-0.1, -0.05) is 170 Å². The van der Waals surface area contributed by atoms with Gasteiger partial charge in [0.25, 0.3) is 0 Å². The van der Waals surface area contributed by atoms with Crippen molar-refractivity contribution in [3.05, 3.63) is 229 Å². The maximum absolute atomic E-state index is 6.62. The second kappa shape index (κ2) is 13.9. The van der Waals surface area contributed by atoms with Gasteiger partial charge in [-0.3, -0.25) is 0 Å². The van der Waals surface area contributed by atoms with Crippen LogP contribution in [0.25, 0.3) is 100.0 Å². The zero-order valence-corrected chi connectivity index (χ0v) is 33.5. The quantitative estimate of drug-likeness (QED) is 0.169. The number of furan rings is 1. The van der Waals surface area contributed by atoms with Gasteiger partial charge in [-0.15, -0.1) is 0 Å². The van der Waals surface area contributed by atoms with E-state index in [9.17, 15) is 0 Å². The van der Waals surface area contributed by atoms with Crippen LogP contribution < -0.4 is 0 Å². The molecule has 0 aliphatic heterocycles. The lowest BCUT2D eigenvalue weighted by atomic mass is 9.74. The molecule has 9 aromatic carbocycles. The molecule has 0 spiro atoms. The van der Waals surface area contributed by atoms with Crippen LogP contribution in [-0.4, -0.2) is 9.97 Å². The van der Waals surface area contributed by atoms with Crippen molar-refractivity contribution in [3.63, 3.8) is 0 Å². The van der Waals surface area contributed by atoms with Crippen molar-refractivity contribution in [1.82, 2.24) is 9.97 Å². The molecule has 1 aliphatic carbocycles. The summed E-state index contributed by atoms with van der Waals surface area (Å²) in [5, 5.41) is 4.62. The Morgan fingerprint density at radius 1 is 0.377 bits per heavy atom. The van der Waals surface area contributed by atoms with Crippen LogP contribution in [0, 0.1) is 0 Å². The molecule has 3 nitrogen and oxygen atoms in total. The van der Waals surface area contributed by atoms with E-state index in [0.29, 0.717) is 5.82 Å². The molecule has 2 heterocycles. The lowest BCUT2D eigenvalue weighted by Crippen LogP contribution is -2.22. The number of aromatic nitrogens is 2. The molecule has 0 N–H and O–H groups in total. The molecule has 3 heteroatoms. The van der Waals surface area contributed by atoms with E-state index in [1.54, 1.807) is 0 Å². The summed E-state index contributed by atoms with van der Waals surface area (Å²) in [7, 11) is 0. The van der Waals surface area contributed by atoms with Crippen molar-refractivity contribution in [2.75, 3.05) is 0 Å². The Kier molecular flexibility index (Phi) is 7.98. The molecule has 61 heavy (non-hydrogen) atoms. The van der Waals surface area contributed by atoms with Gasteiger partial charge in [-0.05, 0) is 105 Å². The highest BCUT2D eigenvalue weighted by atomic mass is 16.3. The summed E-state index contributed by atoms with van der Waals surface area (Å²) in [6, 6.07) is 75.9. The van der Waals surface area contributed by atoms with Gasteiger partial charge in [0.2, 0.25) is 0 Å². The second-order valence-electron chi connectivity index (χ2n) is 16.3. The summed E-state index contributed by atoms with van der Waals surface area (Å²) in [6.07, 6.45) is 0. The van der Waals surface area contributed by atoms with Crippen LogP contribution in [0.15, 0.2) is 217 Å². The van der Waals surface area contributed by atoms with Gasteiger partial charge in [-0.2, -0.15) is 0 Å². The Balaban J connectivity index is 1.09. The fraction of sp³-hybridized carbons (Fsp3) is 0.0345. The first-order valence-electron chi connectivity index (χ1n) is 20.9. The van der Waals surface area contributed by atoms with Crippen molar-refractivity contribution in [2.45, 2.75) is 12.3 Å². The minimum atomic E-state index is -0.331. The summed E-state index contributed by atoms with van der Waals surface area (Å²) in [5.74, 6) is 0.680. The third-order valence-electron chi connectivity index (χ3n) is 12.7. The third kappa shape index (κ3) is 5.73. The first-order chi connectivity index (χ1) is 30.1. The average molecular weight is 779 g/mol. The minimum Gasteiger partial charge on any atom is -0.455 e. The maximum atomic E-state index is 6.62. The number of rotatable bonds is 6. The van der Waals surface area contributed by atoms with Crippen molar-refractivity contribution < 1.29 is 4.42 Å². The predicted octanol–water partition coefficient (Wildman–Crippen LogP) is 15.2. The smallest absolute Gasteiger partial charge is 0.160 e. The largest absolute Gasteiger partial charge is 0.455 e. The normalized spacial score (nSPS) is 14.4. The number of hydrogen-bond acceptors (Lipinski definition) is 3. The van der Waals surface area contributed by atoms with E-state index < -0.39 is 0 Å². The van der Waals surface area contributed by atoms with Crippen LogP contribution in [-0.2, 0) is 5.41 Å². The number of hydrogen-bond donors (Lipinski definition) is 0. The summed E-state index contributed by atoms with van der Waals surface area (Å²) in [5.41, 5.74) is 16.9. The molecular weight excluding hydrogens is 741 g/mol. The fourth-order valence-electron chi connectivity index (χ4n) is 9.63. The SMILES string of the molecule is CC1(c2ccccc2)c2ccccc2-c2ccc(-c3cc(-c4cc(-c5ccc6ccccc6c5)cc(-c5cccc6c5oc5ccccc56)c4)nc(-c4ccccc4)n3)cc21. The van der Waals surface area contributed by atoms with Gasteiger partial charge >= 0.3 is 0 Å². The Morgan fingerprint density at radius 2 is 1.02 bits per heavy atom. The van der Waals surface area contributed by atoms with E-state index in [-0.39, 0.29) is 5.41 Å². The number of para-hydroxylation sites is 2. The highest BCUT2D eigenvalue weighted by Crippen LogP contribution is 2.53. The van der Waals surface area contributed by atoms with E-state index >= 15 is 0 Å². The van der Waals surface area contributed by atoms with Gasteiger partial charge in [0.1, 0.15) is 11.2 Å². The summed E-state index contributed by atoms with van der Waals surface area (Å²) < 4.78 is 6.62. The average Bonchev–Trinajstić information content (AvgIpc) is 3.84. The topological polar surface area (TPSA) is 38.9 Å². The lowest BCUT2D eigenvalue weighted by molar-refractivity contribution is 0.670. The van der Waals surface area contributed by atoms with Crippen molar-refractivity contribution in [2.24, 2.45) is 0 Å². The summed E-state index contributed by atoms with van der Waals surface area (Å²) in [4.78, 5) is 10.7. The molecule has 1 atom stereocenters. The monoisotopic (exact) mass is 778 g/mol. The van der Waals surface area contributed by atoms with Crippen LogP contribution in [0.1, 0.15) is 23.6 Å². The fourth-order valence-corrected chi connectivity index (χ4v) is 9.63. The second-order valence-corrected chi connectivity index (χ2v) is 16.3. The van der Waals surface area contributed by atoms with Crippen LogP contribution in [0.2, 0.25) is 0 Å². The van der Waals surface area contributed by atoms with Gasteiger partial charge in [-0.25, -0.2) is 9.97 Å². The third-order valence-corrected chi connectivity index (χ3v) is 12.7.